The number of hydrogen-bond acceptors (Lipinski definition) is 4. The minimum Gasteiger partial charge on any atom is -0.410 e. The highest BCUT2D eigenvalue weighted by molar-refractivity contribution is 7.99. The SMILES string of the molecule is NC(=O)Oc1ccc2c(c1)NC(=O)c1ccccc1S2. The van der Waals surface area contributed by atoms with Crippen LogP contribution in [-0.4, -0.2) is 12.0 Å². The van der Waals surface area contributed by atoms with Crippen LogP contribution in [0.4, 0.5) is 10.5 Å². The summed E-state index contributed by atoms with van der Waals surface area (Å²) >= 11 is 1.48. The largest absolute Gasteiger partial charge is 0.410 e. The number of carbonyl (C=O) groups excluding carboxylic acids is 2. The van der Waals surface area contributed by atoms with E-state index in [1.165, 1.54) is 11.8 Å². The van der Waals surface area contributed by atoms with Crippen LogP contribution in [0.1, 0.15) is 10.4 Å². The van der Waals surface area contributed by atoms with Crippen molar-refractivity contribution in [3.63, 3.8) is 0 Å². The second-order valence-electron chi connectivity index (χ2n) is 4.13. The van der Waals surface area contributed by atoms with Gasteiger partial charge in [-0.15, -0.1) is 0 Å². The molecule has 0 bridgehead atoms. The number of carbonyl (C=O) groups is 2. The highest BCUT2D eigenvalue weighted by Gasteiger charge is 2.20. The Bertz CT molecular complexity index is 715. The molecule has 0 saturated heterocycles. The van der Waals surface area contributed by atoms with Crippen molar-refractivity contribution < 1.29 is 14.3 Å². The molecule has 0 atom stereocenters. The van der Waals surface area contributed by atoms with Crippen molar-refractivity contribution in [1.82, 2.24) is 0 Å². The van der Waals surface area contributed by atoms with E-state index in [0.717, 1.165) is 9.79 Å². The summed E-state index contributed by atoms with van der Waals surface area (Å²) in [7, 11) is 0. The molecule has 3 rings (SSSR count). The predicted molar refractivity (Wildman–Crippen MR) is 75.2 cm³/mol. The molecule has 100 valence electrons. The molecule has 0 unspecified atom stereocenters. The van der Waals surface area contributed by atoms with E-state index in [1.807, 2.05) is 18.2 Å². The average Bonchev–Trinajstić information content (AvgIpc) is 2.54. The number of nitrogens with two attached hydrogens (primary N) is 1. The lowest BCUT2D eigenvalue weighted by Gasteiger charge is -2.08. The molecule has 3 N–H and O–H groups in total. The van der Waals surface area contributed by atoms with Gasteiger partial charge >= 0.3 is 6.09 Å². The van der Waals surface area contributed by atoms with E-state index in [2.05, 4.69) is 5.32 Å². The molecule has 0 aromatic heterocycles. The summed E-state index contributed by atoms with van der Waals surface area (Å²) in [5.41, 5.74) is 6.18. The molecule has 0 saturated carbocycles. The van der Waals surface area contributed by atoms with Gasteiger partial charge in [0.15, 0.2) is 0 Å². The van der Waals surface area contributed by atoms with Crippen LogP contribution in [-0.2, 0) is 0 Å². The molecule has 20 heavy (non-hydrogen) atoms. The molecule has 2 amide bonds. The van der Waals surface area contributed by atoms with Crippen LogP contribution >= 0.6 is 11.8 Å². The van der Waals surface area contributed by atoms with Crippen molar-refractivity contribution in [2.75, 3.05) is 5.32 Å². The van der Waals surface area contributed by atoms with Gasteiger partial charge in [-0.25, -0.2) is 4.79 Å². The number of rotatable bonds is 1. The molecule has 0 radical (unpaired) electrons. The first kappa shape index (κ1) is 12.6. The van der Waals surface area contributed by atoms with Crippen molar-refractivity contribution in [3.05, 3.63) is 48.0 Å². The molecule has 0 aliphatic carbocycles. The molecular weight excluding hydrogens is 276 g/mol. The summed E-state index contributed by atoms with van der Waals surface area (Å²) in [5, 5.41) is 2.80. The zero-order valence-corrected chi connectivity index (χ0v) is 11.1. The fourth-order valence-corrected chi connectivity index (χ4v) is 2.94. The summed E-state index contributed by atoms with van der Waals surface area (Å²) in [4.78, 5) is 24.7. The van der Waals surface area contributed by atoms with Gasteiger partial charge in [-0.2, -0.15) is 0 Å². The standard InChI is InChI=1S/C14H10N2O3S/c15-14(18)19-8-5-6-12-10(7-8)16-13(17)9-3-1-2-4-11(9)20-12/h1-7H,(H2,15,18)(H,16,17). The molecule has 5 nitrogen and oxygen atoms in total. The Morgan fingerprint density at radius 3 is 2.75 bits per heavy atom. The van der Waals surface area contributed by atoms with Gasteiger partial charge in [0.2, 0.25) is 0 Å². The normalized spacial score (nSPS) is 12.7. The van der Waals surface area contributed by atoms with Gasteiger partial charge in [-0.1, -0.05) is 23.9 Å². The van der Waals surface area contributed by atoms with Crippen LogP contribution in [0.3, 0.4) is 0 Å². The molecule has 1 aliphatic heterocycles. The number of hydrogen-bond donors (Lipinski definition) is 2. The number of primary amides is 1. The lowest BCUT2D eigenvalue weighted by atomic mass is 10.2. The first-order chi connectivity index (χ1) is 9.63. The quantitative estimate of drug-likeness (QED) is 0.844. The van der Waals surface area contributed by atoms with Gasteiger partial charge in [0.05, 0.1) is 11.3 Å². The van der Waals surface area contributed by atoms with E-state index in [9.17, 15) is 9.59 Å². The molecule has 1 heterocycles. The lowest BCUT2D eigenvalue weighted by Crippen LogP contribution is -2.16. The summed E-state index contributed by atoms with van der Waals surface area (Å²) in [5.74, 6) is 0.103. The van der Waals surface area contributed by atoms with Crippen LogP contribution in [0.25, 0.3) is 0 Å². The smallest absolute Gasteiger partial charge is 0.409 e. The van der Waals surface area contributed by atoms with Crippen LogP contribution in [0.15, 0.2) is 52.3 Å². The van der Waals surface area contributed by atoms with E-state index in [0.29, 0.717) is 17.0 Å². The van der Waals surface area contributed by atoms with Crippen LogP contribution in [0, 0.1) is 0 Å². The lowest BCUT2D eigenvalue weighted by molar-refractivity contribution is 0.102. The van der Waals surface area contributed by atoms with Gasteiger partial charge in [0, 0.05) is 15.9 Å². The van der Waals surface area contributed by atoms with Crippen LogP contribution in [0.2, 0.25) is 0 Å². The Morgan fingerprint density at radius 2 is 1.95 bits per heavy atom. The van der Waals surface area contributed by atoms with Crippen molar-refractivity contribution in [2.45, 2.75) is 9.79 Å². The highest BCUT2D eigenvalue weighted by atomic mass is 32.2. The first-order valence-electron chi connectivity index (χ1n) is 5.83. The fourth-order valence-electron chi connectivity index (χ4n) is 1.93. The van der Waals surface area contributed by atoms with Crippen LogP contribution < -0.4 is 15.8 Å². The minimum atomic E-state index is -0.888. The van der Waals surface area contributed by atoms with Crippen molar-refractivity contribution >= 4 is 29.4 Å². The second-order valence-corrected chi connectivity index (χ2v) is 5.22. The van der Waals surface area contributed by atoms with Gasteiger partial charge in [0.1, 0.15) is 5.75 Å². The summed E-state index contributed by atoms with van der Waals surface area (Å²) in [6.45, 7) is 0. The highest BCUT2D eigenvalue weighted by Crippen LogP contribution is 2.40. The van der Waals surface area contributed by atoms with Crippen LogP contribution in [0.5, 0.6) is 5.75 Å². The second kappa shape index (κ2) is 4.90. The first-order valence-corrected chi connectivity index (χ1v) is 6.65. The van der Waals surface area contributed by atoms with Crippen molar-refractivity contribution in [2.24, 2.45) is 5.73 Å². The zero-order valence-electron chi connectivity index (χ0n) is 10.3. The van der Waals surface area contributed by atoms with Gasteiger partial charge in [-0.3, -0.25) is 4.79 Å². The summed E-state index contributed by atoms with van der Waals surface area (Å²) in [6, 6.07) is 12.4. The Balaban J connectivity index is 2.02. The third-order valence-corrected chi connectivity index (χ3v) is 3.92. The number of benzene rings is 2. The Kier molecular flexibility index (Phi) is 3.08. The van der Waals surface area contributed by atoms with Gasteiger partial charge < -0.3 is 15.8 Å². The van der Waals surface area contributed by atoms with E-state index in [-0.39, 0.29) is 5.91 Å². The van der Waals surface area contributed by atoms with Crippen molar-refractivity contribution in [1.29, 1.82) is 0 Å². The summed E-state index contributed by atoms with van der Waals surface area (Å²) in [6.07, 6.45) is -0.888. The number of fused-ring (bicyclic) bond motifs is 2. The van der Waals surface area contributed by atoms with Gasteiger partial charge in [0.25, 0.3) is 5.91 Å². The predicted octanol–water partition coefficient (Wildman–Crippen LogP) is 2.86. The van der Waals surface area contributed by atoms with E-state index in [4.69, 9.17) is 10.5 Å². The van der Waals surface area contributed by atoms with E-state index < -0.39 is 6.09 Å². The van der Waals surface area contributed by atoms with E-state index in [1.54, 1.807) is 24.3 Å². The van der Waals surface area contributed by atoms with Crippen molar-refractivity contribution in [3.8, 4) is 5.75 Å². The molecule has 2 aromatic rings. The molecular formula is C14H10N2O3S. The number of anilines is 1. The number of nitrogens with one attached hydrogen (secondary N) is 1. The Labute approximate surface area is 119 Å². The Morgan fingerprint density at radius 1 is 1.15 bits per heavy atom. The molecule has 6 heteroatoms. The Hall–Kier alpha value is -2.47. The summed E-state index contributed by atoms with van der Waals surface area (Å²) < 4.78 is 4.81. The maximum atomic E-state index is 12.1. The monoisotopic (exact) mass is 286 g/mol. The number of amides is 2. The molecule has 1 aliphatic rings. The average molecular weight is 286 g/mol. The molecule has 0 spiro atoms. The third kappa shape index (κ3) is 2.33. The molecule has 0 fully saturated rings. The van der Waals surface area contributed by atoms with E-state index >= 15 is 0 Å². The maximum absolute atomic E-state index is 12.1. The maximum Gasteiger partial charge on any atom is 0.409 e. The number of ether oxygens (including phenoxy) is 1. The minimum absolute atomic E-state index is 0.192. The topological polar surface area (TPSA) is 81.4 Å². The van der Waals surface area contributed by atoms with Gasteiger partial charge in [-0.05, 0) is 24.3 Å². The fraction of sp³-hybridized carbons (Fsp3) is 0. The molecule has 2 aromatic carbocycles. The third-order valence-electron chi connectivity index (χ3n) is 2.77. The zero-order chi connectivity index (χ0) is 14.1.